The van der Waals surface area contributed by atoms with Crippen LogP contribution in [0.3, 0.4) is 0 Å². The van der Waals surface area contributed by atoms with Crippen molar-refractivity contribution in [2.24, 2.45) is 0 Å². The molecule has 0 amide bonds. The maximum absolute atomic E-state index is 12.9. The second-order valence-electron chi connectivity index (χ2n) is 5.52. The summed E-state index contributed by atoms with van der Waals surface area (Å²) in [5.41, 5.74) is -0.1000. The molecular weight excluding hydrogens is 593 g/mol. The first-order valence-electron chi connectivity index (χ1n) is 7.47. The quantitative estimate of drug-likeness (QED) is 0.354. The first-order chi connectivity index (χ1) is 12.8. The number of rotatable bonds is 3. The number of nitrogens with zero attached hydrogens (tertiary/aromatic N) is 2. The Bertz CT molecular complexity index is 1180. The van der Waals surface area contributed by atoms with E-state index in [2.05, 4.69) is 22.6 Å². The monoisotopic (exact) mass is 602 g/mol. The van der Waals surface area contributed by atoms with Gasteiger partial charge in [-0.3, -0.25) is 14.2 Å². The lowest BCUT2D eigenvalue weighted by Gasteiger charge is -2.11. The van der Waals surface area contributed by atoms with Crippen molar-refractivity contribution in [3.63, 3.8) is 0 Å². The lowest BCUT2D eigenvalue weighted by molar-refractivity contribution is 0.103. The highest BCUT2D eigenvalue weighted by Gasteiger charge is 2.18. The summed E-state index contributed by atoms with van der Waals surface area (Å²) in [4.78, 5) is 25.5. The van der Waals surface area contributed by atoms with Gasteiger partial charge in [0.1, 0.15) is 17.4 Å². The normalized spacial score (nSPS) is 10.4. The SMILES string of the molecule is N#Cc1cc(C(=O)c2cc(I)ccc2O)cn(-c2ccc(I)c(Cl)c2)c1=O. The van der Waals surface area contributed by atoms with Crippen molar-refractivity contribution in [2.45, 2.75) is 0 Å². The maximum Gasteiger partial charge on any atom is 0.273 e. The summed E-state index contributed by atoms with van der Waals surface area (Å²) >= 11 is 10.2. The molecule has 0 unspecified atom stereocenters. The van der Waals surface area contributed by atoms with Gasteiger partial charge in [0.05, 0.1) is 16.3 Å². The largest absolute Gasteiger partial charge is 0.507 e. The molecule has 5 nitrogen and oxygen atoms in total. The highest BCUT2D eigenvalue weighted by atomic mass is 127. The van der Waals surface area contributed by atoms with E-state index in [0.717, 1.165) is 7.14 Å². The van der Waals surface area contributed by atoms with Crippen LogP contribution in [0.4, 0.5) is 0 Å². The van der Waals surface area contributed by atoms with Crippen molar-refractivity contribution >= 4 is 62.6 Å². The smallest absolute Gasteiger partial charge is 0.273 e. The molecule has 0 saturated heterocycles. The standard InChI is InChI=1S/C19H9ClI2N2O3/c20-15-7-13(2-3-16(15)22)24-9-11(5-10(8-23)19(24)27)18(26)14-6-12(21)1-4-17(14)25/h1-7,9,25H. The third-order valence-corrected chi connectivity index (χ3v) is 6.03. The lowest BCUT2D eigenvalue weighted by Crippen LogP contribution is -2.22. The average Bonchev–Trinajstić information content (AvgIpc) is 2.65. The molecule has 3 aromatic rings. The van der Waals surface area contributed by atoms with Crippen LogP contribution >= 0.6 is 56.8 Å². The molecule has 1 aromatic heterocycles. The van der Waals surface area contributed by atoms with Gasteiger partial charge in [0.2, 0.25) is 0 Å². The van der Waals surface area contributed by atoms with E-state index < -0.39 is 11.3 Å². The van der Waals surface area contributed by atoms with E-state index in [9.17, 15) is 20.0 Å². The minimum Gasteiger partial charge on any atom is -0.507 e. The Morgan fingerprint density at radius 2 is 1.89 bits per heavy atom. The highest BCUT2D eigenvalue weighted by molar-refractivity contribution is 14.1. The van der Waals surface area contributed by atoms with Gasteiger partial charge in [0, 0.05) is 18.9 Å². The van der Waals surface area contributed by atoms with Gasteiger partial charge < -0.3 is 5.11 Å². The van der Waals surface area contributed by atoms with E-state index in [0.29, 0.717) is 10.7 Å². The summed E-state index contributed by atoms with van der Waals surface area (Å²) in [7, 11) is 0. The number of ketones is 1. The number of aromatic hydroxyl groups is 1. The van der Waals surface area contributed by atoms with E-state index in [-0.39, 0.29) is 22.4 Å². The summed E-state index contributed by atoms with van der Waals surface area (Å²) in [5, 5.41) is 19.8. The molecule has 1 heterocycles. The lowest BCUT2D eigenvalue weighted by atomic mass is 10.0. The Balaban J connectivity index is 2.22. The molecule has 0 aliphatic heterocycles. The molecule has 8 heteroatoms. The van der Waals surface area contributed by atoms with E-state index in [4.69, 9.17) is 11.6 Å². The molecule has 1 N–H and O–H groups in total. The van der Waals surface area contributed by atoms with Crippen LogP contribution in [0.1, 0.15) is 21.5 Å². The van der Waals surface area contributed by atoms with Crippen molar-refractivity contribution < 1.29 is 9.90 Å². The van der Waals surface area contributed by atoms with Crippen molar-refractivity contribution in [3.8, 4) is 17.5 Å². The Labute approximate surface area is 186 Å². The number of aromatic nitrogens is 1. The second-order valence-corrected chi connectivity index (χ2v) is 8.33. The van der Waals surface area contributed by atoms with E-state index in [1.165, 1.54) is 22.9 Å². The minimum absolute atomic E-state index is 0.0941. The van der Waals surface area contributed by atoms with E-state index >= 15 is 0 Å². The fraction of sp³-hybridized carbons (Fsp3) is 0. The van der Waals surface area contributed by atoms with Gasteiger partial charge in [-0.05, 0) is 87.6 Å². The third kappa shape index (κ3) is 4.02. The maximum atomic E-state index is 12.9. The Kier molecular flexibility index (Phi) is 5.88. The molecule has 0 atom stereocenters. The molecule has 0 aliphatic rings. The summed E-state index contributed by atoms with van der Waals surface area (Å²) in [6.45, 7) is 0. The van der Waals surface area contributed by atoms with E-state index in [1.54, 1.807) is 30.3 Å². The van der Waals surface area contributed by atoms with Crippen molar-refractivity contribution in [3.05, 3.63) is 87.9 Å². The molecule has 27 heavy (non-hydrogen) atoms. The number of phenolic OH excluding ortho intramolecular Hbond substituents is 1. The van der Waals surface area contributed by atoms with Crippen molar-refractivity contribution in [1.29, 1.82) is 5.26 Å². The number of nitriles is 1. The van der Waals surface area contributed by atoms with Gasteiger partial charge >= 0.3 is 0 Å². The van der Waals surface area contributed by atoms with Crippen molar-refractivity contribution in [2.75, 3.05) is 0 Å². The van der Waals surface area contributed by atoms with E-state index in [1.807, 2.05) is 28.7 Å². The van der Waals surface area contributed by atoms with Gasteiger partial charge in [-0.25, -0.2) is 0 Å². The van der Waals surface area contributed by atoms with Gasteiger partial charge in [-0.15, -0.1) is 0 Å². The van der Waals surface area contributed by atoms with Crippen LogP contribution in [-0.4, -0.2) is 15.5 Å². The first-order valence-corrected chi connectivity index (χ1v) is 10.0. The Morgan fingerprint density at radius 3 is 2.56 bits per heavy atom. The van der Waals surface area contributed by atoms with Crippen LogP contribution in [0.25, 0.3) is 5.69 Å². The molecule has 0 saturated carbocycles. The molecule has 134 valence electrons. The summed E-state index contributed by atoms with van der Waals surface area (Å²) in [6, 6.07) is 12.7. The van der Waals surface area contributed by atoms with Gasteiger partial charge in [-0.1, -0.05) is 11.6 Å². The van der Waals surface area contributed by atoms with Crippen LogP contribution in [0.5, 0.6) is 5.75 Å². The predicted molar refractivity (Wildman–Crippen MR) is 119 cm³/mol. The Morgan fingerprint density at radius 1 is 1.15 bits per heavy atom. The fourth-order valence-electron chi connectivity index (χ4n) is 2.46. The average molecular weight is 603 g/mol. The highest BCUT2D eigenvalue weighted by Crippen LogP contribution is 2.24. The third-order valence-electron chi connectivity index (χ3n) is 3.78. The zero-order chi connectivity index (χ0) is 19.7. The predicted octanol–water partition coefficient (Wildman–Crippen LogP) is 4.51. The Hall–Kier alpha value is -1.90. The number of carbonyl (C=O) groups is 1. The topological polar surface area (TPSA) is 83.1 Å². The second kappa shape index (κ2) is 8.00. The van der Waals surface area contributed by atoms with Gasteiger partial charge in [0.15, 0.2) is 5.78 Å². The van der Waals surface area contributed by atoms with Gasteiger partial charge in [-0.2, -0.15) is 5.26 Å². The molecule has 3 rings (SSSR count). The van der Waals surface area contributed by atoms with Crippen LogP contribution in [0.2, 0.25) is 5.02 Å². The van der Waals surface area contributed by atoms with Crippen LogP contribution in [0, 0.1) is 18.5 Å². The molecule has 2 aromatic carbocycles. The van der Waals surface area contributed by atoms with Crippen molar-refractivity contribution in [1.82, 2.24) is 4.57 Å². The molecule has 0 spiro atoms. The van der Waals surface area contributed by atoms with Crippen LogP contribution in [-0.2, 0) is 0 Å². The molecule has 0 aliphatic carbocycles. The summed E-state index contributed by atoms with van der Waals surface area (Å²) in [6.07, 6.45) is 1.35. The summed E-state index contributed by atoms with van der Waals surface area (Å²) in [5.74, 6) is -0.665. The molecular formula is C19H9ClI2N2O3. The molecule has 0 fully saturated rings. The van der Waals surface area contributed by atoms with Crippen LogP contribution in [0.15, 0.2) is 53.5 Å². The number of benzene rings is 2. The number of hydrogen-bond acceptors (Lipinski definition) is 4. The van der Waals surface area contributed by atoms with Gasteiger partial charge in [0.25, 0.3) is 5.56 Å². The summed E-state index contributed by atoms with van der Waals surface area (Å²) < 4.78 is 2.79. The first kappa shape index (κ1) is 19.9. The van der Waals surface area contributed by atoms with Crippen LogP contribution < -0.4 is 5.56 Å². The number of carbonyl (C=O) groups excluding carboxylic acids is 1. The molecule has 0 bridgehead atoms. The molecule has 0 radical (unpaired) electrons. The number of halogens is 3. The number of hydrogen-bond donors (Lipinski definition) is 1. The minimum atomic E-state index is -0.557. The number of pyridine rings is 1. The zero-order valence-corrected chi connectivity index (χ0v) is 18.5. The zero-order valence-electron chi connectivity index (χ0n) is 13.4. The number of phenols is 1. The fourth-order valence-corrected chi connectivity index (χ4v) is 3.46.